The molecule has 0 aliphatic heterocycles. The van der Waals surface area contributed by atoms with Crippen LogP contribution in [-0.4, -0.2) is 40.3 Å². The van der Waals surface area contributed by atoms with Gasteiger partial charge in [0.2, 0.25) is 0 Å². The number of carbonyl (C=O) groups is 2. The summed E-state index contributed by atoms with van der Waals surface area (Å²) in [7, 11) is 0. The summed E-state index contributed by atoms with van der Waals surface area (Å²) < 4.78 is 10.4. The van der Waals surface area contributed by atoms with Gasteiger partial charge in [0.15, 0.2) is 0 Å². The Bertz CT molecular complexity index is 695. The summed E-state index contributed by atoms with van der Waals surface area (Å²) >= 11 is 0. The molecule has 1 aromatic rings. The molecule has 1 unspecified atom stereocenters. The van der Waals surface area contributed by atoms with Gasteiger partial charge in [-0.1, -0.05) is 13.0 Å². The average Bonchev–Trinajstić information content (AvgIpc) is 3.41. The molecule has 1 aromatic heterocycles. The van der Waals surface area contributed by atoms with Gasteiger partial charge in [-0.15, -0.1) is 0 Å². The number of pyridine rings is 1. The summed E-state index contributed by atoms with van der Waals surface area (Å²) in [5, 5.41) is 0. The van der Waals surface area contributed by atoms with Gasteiger partial charge in [-0.3, -0.25) is 9.88 Å². The van der Waals surface area contributed by atoms with Crippen molar-refractivity contribution in [3.63, 3.8) is 0 Å². The van der Waals surface area contributed by atoms with Gasteiger partial charge in [-0.25, -0.2) is 9.59 Å². The maximum atomic E-state index is 12.8. The number of primary amides is 1. The molecule has 7 heteroatoms. The Labute approximate surface area is 167 Å². The fraction of sp³-hybridized carbons (Fsp3) is 0.667. The van der Waals surface area contributed by atoms with E-state index in [1.54, 1.807) is 0 Å². The second kappa shape index (κ2) is 9.26. The fourth-order valence-electron chi connectivity index (χ4n) is 3.21. The lowest BCUT2D eigenvalue weighted by molar-refractivity contribution is 0.0153. The predicted octanol–water partition coefficient (Wildman–Crippen LogP) is 4.13. The van der Waals surface area contributed by atoms with Gasteiger partial charge in [0.1, 0.15) is 5.60 Å². The maximum Gasteiger partial charge on any atom is 0.411 e. The summed E-state index contributed by atoms with van der Waals surface area (Å²) in [5.41, 5.74) is 7.60. The van der Waals surface area contributed by atoms with Crippen LogP contribution in [0.4, 0.5) is 9.59 Å². The molecule has 0 bridgehead atoms. The number of carbonyl (C=O) groups excluding carboxylic acids is 2. The molecule has 1 heterocycles. The van der Waals surface area contributed by atoms with E-state index in [0.29, 0.717) is 6.42 Å². The quantitative estimate of drug-likeness (QED) is 0.672. The van der Waals surface area contributed by atoms with Crippen LogP contribution in [0.3, 0.4) is 0 Å². The molecule has 156 valence electrons. The molecule has 1 fully saturated rings. The molecule has 2 rings (SSSR count). The van der Waals surface area contributed by atoms with Crippen molar-refractivity contribution in [2.45, 2.75) is 84.4 Å². The Morgan fingerprint density at radius 3 is 2.57 bits per heavy atom. The summed E-state index contributed by atoms with van der Waals surface area (Å²) in [6.45, 7) is 10.0. The second-order valence-electron chi connectivity index (χ2n) is 8.29. The Morgan fingerprint density at radius 1 is 1.36 bits per heavy atom. The normalized spacial score (nSPS) is 15.0. The van der Waals surface area contributed by atoms with Crippen LogP contribution in [0, 0.1) is 0 Å². The van der Waals surface area contributed by atoms with E-state index in [4.69, 9.17) is 15.2 Å². The van der Waals surface area contributed by atoms with E-state index in [1.165, 1.54) is 0 Å². The lowest BCUT2D eigenvalue weighted by atomic mass is 10.0. The number of hydrogen-bond donors (Lipinski definition) is 1. The molecular formula is C21H33N3O4. The van der Waals surface area contributed by atoms with Crippen molar-refractivity contribution < 1.29 is 19.1 Å². The highest BCUT2D eigenvalue weighted by atomic mass is 16.6. The molecule has 28 heavy (non-hydrogen) atoms. The van der Waals surface area contributed by atoms with Crippen molar-refractivity contribution in [3.8, 4) is 0 Å². The van der Waals surface area contributed by atoms with Crippen LogP contribution in [0.25, 0.3) is 0 Å². The topological polar surface area (TPSA) is 94.8 Å². The van der Waals surface area contributed by atoms with E-state index >= 15 is 0 Å². The van der Waals surface area contributed by atoms with E-state index in [1.807, 2.05) is 38.8 Å². The van der Waals surface area contributed by atoms with E-state index in [-0.39, 0.29) is 24.8 Å². The molecule has 1 saturated carbocycles. The third-order valence-corrected chi connectivity index (χ3v) is 4.69. The van der Waals surface area contributed by atoms with Gasteiger partial charge in [-0.05, 0) is 70.9 Å². The zero-order valence-electron chi connectivity index (χ0n) is 17.7. The third kappa shape index (κ3) is 6.39. The molecule has 0 saturated heterocycles. The van der Waals surface area contributed by atoms with E-state index in [0.717, 1.165) is 42.5 Å². The highest BCUT2D eigenvalue weighted by Gasteiger charge is 2.38. The third-order valence-electron chi connectivity index (χ3n) is 4.69. The van der Waals surface area contributed by atoms with Gasteiger partial charge in [0.05, 0.1) is 12.6 Å². The maximum absolute atomic E-state index is 12.8. The number of rotatable bonds is 8. The smallest absolute Gasteiger partial charge is 0.411 e. The van der Waals surface area contributed by atoms with Crippen molar-refractivity contribution in [2.24, 2.45) is 5.73 Å². The first-order chi connectivity index (χ1) is 13.1. The number of aromatic nitrogens is 1. The number of amides is 2. The van der Waals surface area contributed by atoms with Crippen molar-refractivity contribution >= 4 is 12.2 Å². The monoisotopic (exact) mass is 391 g/mol. The highest BCUT2D eigenvalue weighted by molar-refractivity contribution is 5.69. The number of nitrogens with two attached hydrogens (primary N) is 1. The molecule has 0 radical (unpaired) electrons. The van der Waals surface area contributed by atoms with Crippen LogP contribution >= 0.6 is 0 Å². The Balaban J connectivity index is 2.16. The fourth-order valence-corrected chi connectivity index (χ4v) is 3.21. The number of nitrogens with zero attached hydrogens (tertiary/aromatic N) is 2. The van der Waals surface area contributed by atoms with Crippen LogP contribution in [0.1, 0.15) is 76.7 Å². The Kier molecular flexibility index (Phi) is 7.27. The molecule has 0 spiro atoms. The van der Waals surface area contributed by atoms with E-state index < -0.39 is 11.7 Å². The lowest BCUT2D eigenvalue weighted by Gasteiger charge is -2.32. The average molecular weight is 392 g/mol. The molecule has 2 N–H and O–H groups in total. The molecule has 1 atom stereocenters. The first kappa shape index (κ1) is 22.0. The largest absolute Gasteiger partial charge is 0.450 e. The number of hydrogen-bond acceptors (Lipinski definition) is 5. The van der Waals surface area contributed by atoms with Crippen molar-refractivity contribution in [2.75, 3.05) is 6.61 Å². The van der Waals surface area contributed by atoms with Gasteiger partial charge in [0, 0.05) is 17.9 Å². The minimum absolute atomic E-state index is 0.124. The standard InChI is InChI=1S/C21H33N3O4/c1-6-18-15(8-7-11-27-19(22)25)12-16(13-23-18)14(2)24(17-9-10-17)20(26)28-21(3,4)5/h12-14,17H,6-11H2,1-5H3,(H2,22,25). The van der Waals surface area contributed by atoms with Crippen LogP contribution in [0.15, 0.2) is 12.3 Å². The summed E-state index contributed by atoms with van der Waals surface area (Å²) in [5.74, 6) is 0. The van der Waals surface area contributed by atoms with E-state index in [2.05, 4.69) is 18.0 Å². The van der Waals surface area contributed by atoms with Crippen LogP contribution in [-0.2, 0) is 22.3 Å². The zero-order chi connectivity index (χ0) is 20.9. The van der Waals surface area contributed by atoms with Gasteiger partial charge >= 0.3 is 12.2 Å². The zero-order valence-corrected chi connectivity index (χ0v) is 17.7. The van der Waals surface area contributed by atoms with Crippen LogP contribution in [0.5, 0.6) is 0 Å². The molecule has 1 aliphatic carbocycles. The number of aryl methyl sites for hydroxylation is 2. The predicted molar refractivity (Wildman–Crippen MR) is 107 cm³/mol. The van der Waals surface area contributed by atoms with Crippen molar-refractivity contribution in [1.29, 1.82) is 0 Å². The van der Waals surface area contributed by atoms with Gasteiger partial charge < -0.3 is 15.2 Å². The first-order valence-electron chi connectivity index (χ1n) is 10.0. The van der Waals surface area contributed by atoms with Crippen LogP contribution < -0.4 is 5.73 Å². The Morgan fingerprint density at radius 2 is 2.04 bits per heavy atom. The highest BCUT2D eigenvalue weighted by Crippen LogP contribution is 2.36. The van der Waals surface area contributed by atoms with Crippen LogP contribution in [0.2, 0.25) is 0 Å². The molecular weight excluding hydrogens is 358 g/mol. The Hall–Kier alpha value is -2.31. The van der Waals surface area contributed by atoms with E-state index in [9.17, 15) is 9.59 Å². The second-order valence-corrected chi connectivity index (χ2v) is 8.29. The van der Waals surface area contributed by atoms with Gasteiger partial charge in [-0.2, -0.15) is 0 Å². The molecule has 7 nitrogen and oxygen atoms in total. The lowest BCUT2D eigenvalue weighted by Crippen LogP contribution is -2.40. The van der Waals surface area contributed by atoms with Gasteiger partial charge in [0.25, 0.3) is 0 Å². The molecule has 0 aromatic carbocycles. The summed E-state index contributed by atoms with van der Waals surface area (Å²) in [6.07, 6.45) is 5.05. The first-order valence-corrected chi connectivity index (χ1v) is 10.0. The van der Waals surface area contributed by atoms with Crippen molar-refractivity contribution in [3.05, 3.63) is 29.1 Å². The minimum Gasteiger partial charge on any atom is -0.450 e. The summed E-state index contributed by atoms with van der Waals surface area (Å²) in [4.78, 5) is 29.9. The summed E-state index contributed by atoms with van der Waals surface area (Å²) in [6, 6.07) is 2.21. The SMILES string of the molecule is CCc1ncc(C(C)N(C(=O)OC(C)(C)C)C2CC2)cc1CCCOC(N)=O. The number of ether oxygens (including phenoxy) is 2. The minimum atomic E-state index is -0.756. The van der Waals surface area contributed by atoms with Crippen molar-refractivity contribution in [1.82, 2.24) is 9.88 Å². The molecule has 1 aliphatic rings. The molecule has 2 amide bonds.